The summed E-state index contributed by atoms with van der Waals surface area (Å²) in [4.78, 5) is 15.9. The van der Waals surface area contributed by atoms with Gasteiger partial charge in [-0.05, 0) is 32.6 Å². The fraction of sp³-hybridized carbons (Fsp3) is 0.533. The monoisotopic (exact) mass is 298 g/mol. The number of carbonyl (C=O) groups excluding carboxylic acids is 1. The molecule has 1 N–H and O–H groups in total. The van der Waals surface area contributed by atoms with Gasteiger partial charge >= 0.3 is 0 Å². The van der Waals surface area contributed by atoms with E-state index in [0.717, 1.165) is 24.6 Å². The van der Waals surface area contributed by atoms with Crippen LogP contribution < -0.4 is 0 Å². The van der Waals surface area contributed by atoms with E-state index in [4.69, 9.17) is 0 Å². The molecule has 2 atom stereocenters. The molecule has 0 aromatic heterocycles. The molecule has 1 amide bonds. The largest absolute Gasteiger partial charge is 0.396 e. The molecule has 0 saturated carbocycles. The number of amides is 1. The Hall–Kier alpha value is -1.53. The summed E-state index contributed by atoms with van der Waals surface area (Å²) in [6, 6.07) is 3.02. The number of halogens is 2. The number of likely N-dealkylation sites (tertiary alicyclic amines) is 1. The second-order valence-corrected chi connectivity index (χ2v) is 5.67. The Kier molecular flexibility index (Phi) is 4.90. The maximum atomic E-state index is 13.2. The van der Waals surface area contributed by atoms with Crippen LogP contribution in [0, 0.1) is 17.6 Å². The lowest BCUT2D eigenvalue weighted by molar-refractivity contribution is 0.0378. The molecule has 2 rings (SSSR count). The van der Waals surface area contributed by atoms with E-state index in [1.165, 1.54) is 0 Å². The van der Waals surface area contributed by atoms with Crippen LogP contribution in [0.1, 0.15) is 16.8 Å². The third kappa shape index (κ3) is 3.57. The Morgan fingerprint density at radius 2 is 1.95 bits per heavy atom. The second kappa shape index (κ2) is 6.49. The molecule has 1 aromatic rings. The van der Waals surface area contributed by atoms with Crippen molar-refractivity contribution in [1.29, 1.82) is 0 Å². The van der Waals surface area contributed by atoms with Crippen LogP contribution in [-0.4, -0.2) is 60.6 Å². The molecule has 1 heterocycles. The molecule has 0 spiro atoms. The maximum Gasteiger partial charge on any atom is 0.254 e. The van der Waals surface area contributed by atoms with Crippen LogP contribution in [-0.2, 0) is 0 Å². The molecule has 116 valence electrons. The minimum Gasteiger partial charge on any atom is -0.396 e. The summed E-state index contributed by atoms with van der Waals surface area (Å²) in [6.45, 7) is 0.872. The quantitative estimate of drug-likeness (QED) is 0.916. The van der Waals surface area contributed by atoms with Crippen LogP contribution in [0.5, 0.6) is 0 Å². The lowest BCUT2D eigenvalue weighted by Crippen LogP contribution is -2.51. The number of carbonyl (C=O) groups is 1. The SMILES string of the molecule is CN(C)[C@@H]1CCN(C(=O)c2cc(F)cc(F)c2)C[C@@H]1CO. The first-order chi connectivity index (χ1) is 9.92. The minimum absolute atomic E-state index is 0.00694. The van der Waals surface area contributed by atoms with Crippen molar-refractivity contribution >= 4 is 5.91 Å². The predicted octanol–water partition coefficient (Wildman–Crippen LogP) is 1.35. The van der Waals surface area contributed by atoms with Gasteiger partial charge in [-0.2, -0.15) is 0 Å². The number of piperidine rings is 1. The first-order valence-corrected chi connectivity index (χ1v) is 6.95. The Bertz CT molecular complexity index is 502. The molecule has 4 nitrogen and oxygen atoms in total. The van der Waals surface area contributed by atoms with Crippen LogP contribution in [0.3, 0.4) is 0 Å². The number of aliphatic hydroxyl groups excluding tert-OH is 1. The van der Waals surface area contributed by atoms with Crippen LogP contribution in [0.2, 0.25) is 0 Å². The zero-order chi connectivity index (χ0) is 15.6. The van der Waals surface area contributed by atoms with Crippen molar-refractivity contribution in [3.63, 3.8) is 0 Å². The molecule has 1 aliphatic rings. The van der Waals surface area contributed by atoms with Gasteiger partial charge in [0.15, 0.2) is 0 Å². The molecule has 1 aromatic carbocycles. The highest BCUT2D eigenvalue weighted by Gasteiger charge is 2.32. The maximum absolute atomic E-state index is 13.2. The number of benzene rings is 1. The topological polar surface area (TPSA) is 43.8 Å². The van der Waals surface area contributed by atoms with Crippen LogP contribution >= 0.6 is 0 Å². The molecule has 0 aliphatic carbocycles. The van der Waals surface area contributed by atoms with E-state index >= 15 is 0 Å². The van der Waals surface area contributed by atoms with Gasteiger partial charge in [-0.15, -0.1) is 0 Å². The van der Waals surface area contributed by atoms with E-state index in [9.17, 15) is 18.7 Å². The normalized spacial score (nSPS) is 22.7. The zero-order valence-electron chi connectivity index (χ0n) is 12.2. The van der Waals surface area contributed by atoms with E-state index in [0.29, 0.717) is 13.1 Å². The molecule has 21 heavy (non-hydrogen) atoms. The summed E-state index contributed by atoms with van der Waals surface area (Å²) in [7, 11) is 3.87. The third-order valence-electron chi connectivity index (χ3n) is 3.99. The lowest BCUT2D eigenvalue weighted by atomic mass is 9.91. The Morgan fingerprint density at radius 1 is 1.33 bits per heavy atom. The van der Waals surface area contributed by atoms with E-state index < -0.39 is 17.5 Å². The highest BCUT2D eigenvalue weighted by molar-refractivity contribution is 5.94. The third-order valence-corrected chi connectivity index (χ3v) is 3.99. The van der Waals surface area contributed by atoms with Crippen molar-refractivity contribution in [1.82, 2.24) is 9.80 Å². The summed E-state index contributed by atoms with van der Waals surface area (Å²) in [5.41, 5.74) is 0.00694. The van der Waals surface area contributed by atoms with Gasteiger partial charge in [0, 0.05) is 43.3 Å². The standard InChI is InChI=1S/C15H20F2N2O2/c1-18(2)14-3-4-19(8-11(14)9-20)15(21)10-5-12(16)7-13(17)6-10/h5-7,11,14,20H,3-4,8-9H2,1-2H3/t11-,14-/m1/s1. The molecule has 1 aliphatic heterocycles. The highest BCUT2D eigenvalue weighted by Crippen LogP contribution is 2.22. The fourth-order valence-corrected chi connectivity index (χ4v) is 2.92. The van der Waals surface area contributed by atoms with Gasteiger partial charge in [0.1, 0.15) is 11.6 Å². The van der Waals surface area contributed by atoms with E-state index in [1.807, 2.05) is 19.0 Å². The van der Waals surface area contributed by atoms with E-state index in [2.05, 4.69) is 0 Å². The van der Waals surface area contributed by atoms with Gasteiger partial charge in [-0.3, -0.25) is 4.79 Å². The second-order valence-electron chi connectivity index (χ2n) is 5.67. The summed E-state index contributed by atoms with van der Waals surface area (Å²) in [6.07, 6.45) is 0.724. The van der Waals surface area contributed by atoms with Crippen LogP contribution in [0.4, 0.5) is 8.78 Å². The molecular weight excluding hydrogens is 278 g/mol. The minimum atomic E-state index is -0.764. The van der Waals surface area contributed by atoms with Crippen molar-refractivity contribution in [2.45, 2.75) is 12.5 Å². The van der Waals surface area contributed by atoms with Gasteiger partial charge in [-0.25, -0.2) is 8.78 Å². The number of hydrogen-bond donors (Lipinski definition) is 1. The smallest absolute Gasteiger partial charge is 0.254 e. The van der Waals surface area contributed by atoms with Crippen molar-refractivity contribution in [2.24, 2.45) is 5.92 Å². The number of nitrogens with zero attached hydrogens (tertiary/aromatic N) is 2. The summed E-state index contributed by atoms with van der Waals surface area (Å²) in [5.74, 6) is -1.99. The summed E-state index contributed by atoms with van der Waals surface area (Å²) < 4.78 is 26.4. The van der Waals surface area contributed by atoms with Gasteiger partial charge in [0.2, 0.25) is 0 Å². The van der Waals surface area contributed by atoms with Crippen LogP contribution in [0.25, 0.3) is 0 Å². The van der Waals surface area contributed by atoms with Crippen molar-refractivity contribution in [3.05, 3.63) is 35.4 Å². The molecule has 0 radical (unpaired) electrons. The molecule has 1 saturated heterocycles. The van der Waals surface area contributed by atoms with Gasteiger partial charge in [-0.1, -0.05) is 0 Å². The zero-order valence-corrected chi connectivity index (χ0v) is 12.2. The van der Waals surface area contributed by atoms with Crippen molar-refractivity contribution < 1.29 is 18.7 Å². The summed E-state index contributed by atoms with van der Waals surface area (Å²) in [5, 5.41) is 9.48. The fourth-order valence-electron chi connectivity index (χ4n) is 2.92. The Labute approximate surface area is 123 Å². The summed E-state index contributed by atoms with van der Waals surface area (Å²) >= 11 is 0. The molecule has 0 bridgehead atoms. The molecule has 1 fully saturated rings. The van der Waals surface area contributed by atoms with Crippen LogP contribution in [0.15, 0.2) is 18.2 Å². The van der Waals surface area contributed by atoms with Crippen molar-refractivity contribution in [2.75, 3.05) is 33.8 Å². The highest BCUT2D eigenvalue weighted by atomic mass is 19.1. The molecule has 0 unspecified atom stereocenters. The average Bonchev–Trinajstić information content (AvgIpc) is 2.44. The van der Waals surface area contributed by atoms with Gasteiger partial charge < -0.3 is 14.9 Å². The molecular formula is C15H20F2N2O2. The number of aliphatic hydroxyl groups is 1. The van der Waals surface area contributed by atoms with E-state index in [1.54, 1.807) is 4.90 Å². The van der Waals surface area contributed by atoms with Gasteiger partial charge in [0.25, 0.3) is 5.91 Å². The Balaban J connectivity index is 2.14. The first-order valence-electron chi connectivity index (χ1n) is 6.95. The van der Waals surface area contributed by atoms with Gasteiger partial charge in [0.05, 0.1) is 0 Å². The number of rotatable bonds is 3. The molecule has 6 heteroatoms. The first kappa shape index (κ1) is 15.9. The average molecular weight is 298 g/mol. The number of hydrogen-bond acceptors (Lipinski definition) is 3. The Morgan fingerprint density at radius 3 is 2.48 bits per heavy atom. The van der Waals surface area contributed by atoms with Crippen molar-refractivity contribution in [3.8, 4) is 0 Å². The predicted molar refractivity (Wildman–Crippen MR) is 74.9 cm³/mol. The lowest BCUT2D eigenvalue weighted by Gasteiger charge is -2.40. The van der Waals surface area contributed by atoms with E-state index in [-0.39, 0.29) is 24.1 Å².